The lowest BCUT2D eigenvalue weighted by Crippen LogP contribution is -2.46. The number of rotatable bonds is 3. The van der Waals surface area contributed by atoms with Crippen LogP contribution in [0.3, 0.4) is 0 Å². The highest BCUT2D eigenvalue weighted by atomic mass is 16.5. The molecule has 0 amide bonds. The van der Waals surface area contributed by atoms with E-state index in [2.05, 4.69) is 18.9 Å². The SMILES string of the molecule is CCc1c(C)nn(C2CCC(N)(C(=O)OC)C2)c1C. The van der Waals surface area contributed by atoms with Crippen molar-refractivity contribution in [2.75, 3.05) is 7.11 Å². The number of aromatic nitrogens is 2. The van der Waals surface area contributed by atoms with E-state index < -0.39 is 5.54 Å². The van der Waals surface area contributed by atoms with Crippen LogP contribution in [0.2, 0.25) is 0 Å². The van der Waals surface area contributed by atoms with E-state index >= 15 is 0 Å². The van der Waals surface area contributed by atoms with E-state index in [1.165, 1.54) is 18.4 Å². The number of carbonyl (C=O) groups is 1. The topological polar surface area (TPSA) is 70.1 Å². The van der Waals surface area contributed by atoms with Crippen molar-refractivity contribution in [2.24, 2.45) is 5.73 Å². The summed E-state index contributed by atoms with van der Waals surface area (Å²) < 4.78 is 6.86. The highest BCUT2D eigenvalue weighted by Gasteiger charge is 2.44. The lowest BCUT2D eigenvalue weighted by Gasteiger charge is -2.21. The van der Waals surface area contributed by atoms with Crippen LogP contribution < -0.4 is 5.73 Å². The van der Waals surface area contributed by atoms with Gasteiger partial charge in [0.1, 0.15) is 5.54 Å². The van der Waals surface area contributed by atoms with Gasteiger partial charge in [-0.05, 0) is 45.1 Å². The predicted octanol–water partition coefficient (Wildman–Crippen LogP) is 1.66. The molecule has 2 N–H and O–H groups in total. The second kappa shape index (κ2) is 4.96. The van der Waals surface area contributed by atoms with Crippen molar-refractivity contribution < 1.29 is 9.53 Å². The van der Waals surface area contributed by atoms with E-state index in [-0.39, 0.29) is 12.0 Å². The number of aryl methyl sites for hydroxylation is 1. The van der Waals surface area contributed by atoms with E-state index in [4.69, 9.17) is 10.5 Å². The maximum Gasteiger partial charge on any atom is 0.325 e. The van der Waals surface area contributed by atoms with Gasteiger partial charge in [0.25, 0.3) is 0 Å². The van der Waals surface area contributed by atoms with Crippen molar-refractivity contribution in [2.45, 2.75) is 58.0 Å². The van der Waals surface area contributed by atoms with Crippen LogP contribution in [0.25, 0.3) is 0 Å². The summed E-state index contributed by atoms with van der Waals surface area (Å²) in [5.74, 6) is -0.313. The summed E-state index contributed by atoms with van der Waals surface area (Å²) in [7, 11) is 1.39. The Kier molecular flexibility index (Phi) is 3.67. The van der Waals surface area contributed by atoms with Crippen LogP contribution >= 0.6 is 0 Å². The molecule has 5 heteroatoms. The molecule has 1 fully saturated rings. The number of ether oxygens (including phenoxy) is 1. The molecule has 0 radical (unpaired) electrons. The molecule has 2 rings (SSSR count). The van der Waals surface area contributed by atoms with Gasteiger partial charge < -0.3 is 10.5 Å². The average molecular weight is 265 g/mol. The molecule has 0 saturated heterocycles. The monoisotopic (exact) mass is 265 g/mol. The molecule has 1 heterocycles. The fourth-order valence-corrected chi connectivity index (χ4v) is 3.21. The smallest absolute Gasteiger partial charge is 0.325 e. The molecular formula is C14H23N3O2. The summed E-state index contributed by atoms with van der Waals surface area (Å²) in [6.07, 6.45) is 3.11. The Balaban J connectivity index is 2.24. The first kappa shape index (κ1) is 14.1. The van der Waals surface area contributed by atoms with Gasteiger partial charge in [-0.1, -0.05) is 6.92 Å². The highest BCUT2D eigenvalue weighted by molar-refractivity contribution is 5.80. The number of nitrogens with two attached hydrogens (primary N) is 1. The maximum absolute atomic E-state index is 11.7. The normalized spacial score (nSPS) is 26.7. The zero-order chi connectivity index (χ0) is 14.2. The first-order chi connectivity index (χ1) is 8.92. The van der Waals surface area contributed by atoms with E-state index in [0.29, 0.717) is 12.8 Å². The summed E-state index contributed by atoms with van der Waals surface area (Å²) in [5, 5.41) is 4.62. The number of hydrogen-bond acceptors (Lipinski definition) is 4. The molecule has 0 aromatic carbocycles. The lowest BCUT2D eigenvalue weighted by molar-refractivity contribution is -0.146. The molecule has 1 aliphatic carbocycles. The molecular weight excluding hydrogens is 242 g/mol. The molecule has 1 saturated carbocycles. The second-order valence-corrected chi connectivity index (χ2v) is 5.49. The Labute approximate surface area is 114 Å². The van der Waals surface area contributed by atoms with Crippen LogP contribution in [-0.2, 0) is 16.0 Å². The summed E-state index contributed by atoms with van der Waals surface area (Å²) in [6, 6.07) is 0.197. The Morgan fingerprint density at radius 1 is 1.58 bits per heavy atom. The van der Waals surface area contributed by atoms with Crippen molar-refractivity contribution >= 4 is 5.97 Å². The maximum atomic E-state index is 11.7. The Morgan fingerprint density at radius 3 is 2.79 bits per heavy atom. The van der Waals surface area contributed by atoms with Gasteiger partial charge in [-0.15, -0.1) is 0 Å². The van der Waals surface area contributed by atoms with Crippen LogP contribution in [-0.4, -0.2) is 28.4 Å². The molecule has 1 aliphatic rings. The Bertz CT molecular complexity index is 495. The number of esters is 1. The molecule has 0 aliphatic heterocycles. The standard InChI is InChI=1S/C14H23N3O2/c1-5-12-9(2)16-17(10(12)3)11-6-7-14(15,8-11)13(18)19-4/h11H,5-8,15H2,1-4H3. The van der Waals surface area contributed by atoms with Gasteiger partial charge in [0.15, 0.2) is 0 Å². The zero-order valence-corrected chi connectivity index (χ0v) is 12.2. The third-order valence-corrected chi connectivity index (χ3v) is 4.29. The van der Waals surface area contributed by atoms with Crippen LogP contribution in [0, 0.1) is 13.8 Å². The van der Waals surface area contributed by atoms with Crippen molar-refractivity contribution in [1.29, 1.82) is 0 Å². The predicted molar refractivity (Wildman–Crippen MR) is 72.9 cm³/mol. The summed E-state index contributed by atoms with van der Waals surface area (Å²) in [5.41, 5.74) is 8.87. The van der Waals surface area contributed by atoms with Crippen molar-refractivity contribution in [3.63, 3.8) is 0 Å². The number of nitrogens with zero attached hydrogens (tertiary/aromatic N) is 2. The second-order valence-electron chi connectivity index (χ2n) is 5.49. The number of carbonyl (C=O) groups excluding carboxylic acids is 1. The van der Waals surface area contributed by atoms with Gasteiger partial charge in [-0.3, -0.25) is 9.48 Å². The van der Waals surface area contributed by atoms with Crippen molar-refractivity contribution in [3.05, 3.63) is 17.0 Å². The fourth-order valence-electron chi connectivity index (χ4n) is 3.21. The van der Waals surface area contributed by atoms with E-state index in [1.807, 2.05) is 11.6 Å². The van der Waals surface area contributed by atoms with Gasteiger partial charge in [0, 0.05) is 5.69 Å². The third-order valence-electron chi connectivity index (χ3n) is 4.29. The molecule has 2 atom stereocenters. The van der Waals surface area contributed by atoms with Crippen LogP contribution in [0.15, 0.2) is 0 Å². The summed E-state index contributed by atoms with van der Waals surface area (Å²) >= 11 is 0. The van der Waals surface area contributed by atoms with E-state index in [1.54, 1.807) is 0 Å². The first-order valence-corrected chi connectivity index (χ1v) is 6.84. The molecule has 106 valence electrons. The van der Waals surface area contributed by atoms with Crippen LogP contribution in [0.5, 0.6) is 0 Å². The fraction of sp³-hybridized carbons (Fsp3) is 0.714. The van der Waals surface area contributed by atoms with Gasteiger partial charge in [0.05, 0.1) is 18.8 Å². The van der Waals surface area contributed by atoms with Crippen molar-refractivity contribution in [3.8, 4) is 0 Å². The van der Waals surface area contributed by atoms with Gasteiger partial charge in [-0.2, -0.15) is 5.10 Å². The van der Waals surface area contributed by atoms with E-state index in [9.17, 15) is 4.79 Å². The highest BCUT2D eigenvalue weighted by Crippen LogP contribution is 2.37. The summed E-state index contributed by atoms with van der Waals surface area (Å²) in [6.45, 7) is 6.26. The van der Waals surface area contributed by atoms with Crippen LogP contribution in [0.1, 0.15) is 49.2 Å². The summed E-state index contributed by atoms with van der Waals surface area (Å²) in [4.78, 5) is 11.7. The number of hydrogen-bond donors (Lipinski definition) is 1. The largest absolute Gasteiger partial charge is 0.468 e. The van der Waals surface area contributed by atoms with Crippen LogP contribution in [0.4, 0.5) is 0 Å². The quantitative estimate of drug-likeness (QED) is 0.844. The first-order valence-electron chi connectivity index (χ1n) is 6.84. The van der Waals surface area contributed by atoms with Crippen molar-refractivity contribution in [1.82, 2.24) is 9.78 Å². The minimum Gasteiger partial charge on any atom is -0.468 e. The van der Waals surface area contributed by atoms with Gasteiger partial charge in [0.2, 0.25) is 0 Å². The zero-order valence-electron chi connectivity index (χ0n) is 12.2. The Hall–Kier alpha value is -1.36. The minimum atomic E-state index is -0.849. The van der Waals surface area contributed by atoms with E-state index in [0.717, 1.165) is 18.5 Å². The molecule has 1 aromatic rings. The lowest BCUT2D eigenvalue weighted by atomic mass is 9.99. The molecule has 0 bridgehead atoms. The van der Waals surface area contributed by atoms with Gasteiger partial charge in [-0.25, -0.2) is 0 Å². The molecule has 5 nitrogen and oxygen atoms in total. The number of methoxy groups -OCH3 is 1. The molecule has 2 unspecified atom stereocenters. The molecule has 1 aromatic heterocycles. The Morgan fingerprint density at radius 2 is 2.26 bits per heavy atom. The molecule has 0 spiro atoms. The minimum absolute atomic E-state index is 0.197. The average Bonchev–Trinajstić information content (AvgIpc) is 2.90. The third kappa shape index (κ3) is 2.27. The van der Waals surface area contributed by atoms with Gasteiger partial charge >= 0.3 is 5.97 Å². The molecule has 19 heavy (non-hydrogen) atoms.